The Bertz CT molecular complexity index is 1120. The van der Waals surface area contributed by atoms with Crippen LogP contribution >= 0.6 is 0 Å². The smallest absolute Gasteiger partial charge is 0.341 e. The molecule has 156 valence electrons. The van der Waals surface area contributed by atoms with Crippen molar-refractivity contribution < 1.29 is 14.6 Å². The molecule has 0 saturated heterocycles. The largest absolute Gasteiger partial charge is 0.480 e. The second-order valence-electron chi connectivity index (χ2n) is 7.30. The number of pyridine rings is 2. The van der Waals surface area contributed by atoms with E-state index in [4.69, 9.17) is 9.84 Å². The van der Waals surface area contributed by atoms with E-state index >= 15 is 0 Å². The van der Waals surface area contributed by atoms with Crippen molar-refractivity contribution in [2.24, 2.45) is 0 Å². The van der Waals surface area contributed by atoms with Crippen molar-refractivity contribution in [3.63, 3.8) is 0 Å². The van der Waals surface area contributed by atoms with Gasteiger partial charge in [-0.2, -0.15) is 4.98 Å². The summed E-state index contributed by atoms with van der Waals surface area (Å²) in [5, 5.41) is 12.5. The third-order valence-electron chi connectivity index (χ3n) is 5.26. The van der Waals surface area contributed by atoms with Crippen LogP contribution in [-0.4, -0.2) is 37.2 Å². The molecule has 0 aliphatic heterocycles. The summed E-state index contributed by atoms with van der Waals surface area (Å²) in [6.07, 6.45) is 8.01. The van der Waals surface area contributed by atoms with Crippen LogP contribution < -0.4 is 15.6 Å². The van der Waals surface area contributed by atoms with Crippen LogP contribution in [0.25, 0.3) is 11.0 Å². The highest BCUT2D eigenvalue weighted by Gasteiger charge is 2.22. The zero-order chi connectivity index (χ0) is 21.1. The number of fused-ring (bicyclic) bond motifs is 1. The molecule has 1 saturated carbocycles. The molecule has 9 nitrogen and oxygen atoms in total. The summed E-state index contributed by atoms with van der Waals surface area (Å²) >= 11 is 0. The maximum absolute atomic E-state index is 13.0. The van der Waals surface area contributed by atoms with E-state index in [0.717, 1.165) is 36.6 Å². The molecule has 0 radical (unpaired) electrons. The zero-order valence-electron chi connectivity index (χ0n) is 16.7. The molecule has 3 heterocycles. The summed E-state index contributed by atoms with van der Waals surface area (Å²) in [6.45, 7) is 1.55. The minimum absolute atomic E-state index is 0.0274. The van der Waals surface area contributed by atoms with Crippen molar-refractivity contribution in [2.75, 3.05) is 11.9 Å². The minimum atomic E-state index is -1.05. The van der Waals surface area contributed by atoms with Crippen molar-refractivity contribution in [3.05, 3.63) is 46.5 Å². The minimum Gasteiger partial charge on any atom is -0.480 e. The quantitative estimate of drug-likeness (QED) is 0.611. The third-order valence-corrected chi connectivity index (χ3v) is 5.26. The van der Waals surface area contributed by atoms with E-state index in [0.29, 0.717) is 29.6 Å². The number of carboxylic acids is 1. The van der Waals surface area contributed by atoms with E-state index in [1.54, 1.807) is 18.3 Å². The molecular formula is C21H23N5O4. The van der Waals surface area contributed by atoms with E-state index in [1.165, 1.54) is 6.20 Å². The molecule has 1 fully saturated rings. The maximum atomic E-state index is 13.0. The lowest BCUT2D eigenvalue weighted by Gasteiger charge is -2.18. The number of aryl methyl sites for hydroxylation is 1. The molecule has 1 aliphatic rings. The number of hydrogen-bond donors (Lipinski definition) is 2. The number of anilines is 2. The Morgan fingerprint density at radius 3 is 2.73 bits per heavy atom. The van der Waals surface area contributed by atoms with E-state index in [9.17, 15) is 9.59 Å². The average Bonchev–Trinajstić information content (AvgIpc) is 3.27. The number of nitrogens with zero attached hydrogens (tertiary/aromatic N) is 4. The van der Waals surface area contributed by atoms with Crippen LogP contribution in [0.1, 0.15) is 44.2 Å². The summed E-state index contributed by atoms with van der Waals surface area (Å²) in [7, 11) is 0. The average molecular weight is 409 g/mol. The standard InChI is InChI=1S/C21H23N5O4/c1-2-13-9-14-10-23-21(24-17-8-7-16(11-22-17)30-12-18(27)28)25-19(14)26(20(13)29)15-5-3-4-6-15/h7-11,15H,2-6,12H2,1H3,(H,27,28)(H,22,23,24,25). The summed E-state index contributed by atoms with van der Waals surface area (Å²) < 4.78 is 6.92. The fraction of sp³-hybridized carbons (Fsp3) is 0.381. The van der Waals surface area contributed by atoms with Crippen LogP contribution in [0.15, 0.2) is 35.4 Å². The molecule has 0 amide bonds. The fourth-order valence-electron chi connectivity index (χ4n) is 3.79. The number of rotatable bonds is 7. The Kier molecular flexibility index (Phi) is 5.60. The summed E-state index contributed by atoms with van der Waals surface area (Å²) in [5.41, 5.74) is 1.43. The molecular weight excluding hydrogens is 386 g/mol. The van der Waals surface area contributed by atoms with Gasteiger partial charge in [-0.15, -0.1) is 0 Å². The van der Waals surface area contributed by atoms with Gasteiger partial charge in [-0.25, -0.2) is 14.8 Å². The van der Waals surface area contributed by atoms with Gasteiger partial charge >= 0.3 is 5.97 Å². The monoisotopic (exact) mass is 409 g/mol. The lowest BCUT2D eigenvalue weighted by atomic mass is 10.1. The van der Waals surface area contributed by atoms with Crippen LogP contribution in [0.4, 0.5) is 11.8 Å². The normalized spacial score (nSPS) is 14.2. The zero-order valence-corrected chi connectivity index (χ0v) is 16.7. The molecule has 30 heavy (non-hydrogen) atoms. The van der Waals surface area contributed by atoms with E-state index in [2.05, 4.69) is 20.3 Å². The fourth-order valence-corrected chi connectivity index (χ4v) is 3.79. The maximum Gasteiger partial charge on any atom is 0.341 e. The number of aliphatic carboxylic acids is 1. The van der Waals surface area contributed by atoms with Gasteiger partial charge < -0.3 is 15.2 Å². The van der Waals surface area contributed by atoms with Gasteiger partial charge in [0, 0.05) is 23.2 Å². The van der Waals surface area contributed by atoms with Gasteiger partial charge in [0.1, 0.15) is 17.2 Å². The molecule has 3 aromatic rings. The molecule has 4 rings (SSSR count). The summed E-state index contributed by atoms with van der Waals surface area (Å²) in [5.74, 6) is 0.118. The highest BCUT2D eigenvalue weighted by atomic mass is 16.5. The first-order chi connectivity index (χ1) is 14.5. The van der Waals surface area contributed by atoms with Crippen molar-refractivity contribution in [1.82, 2.24) is 19.5 Å². The Morgan fingerprint density at radius 1 is 1.27 bits per heavy atom. The first-order valence-electron chi connectivity index (χ1n) is 10.0. The Labute approximate surface area is 172 Å². The molecule has 1 aliphatic carbocycles. The SMILES string of the molecule is CCc1cc2cnc(Nc3ccc(OCC(=O)O)cn3)nc2n(C2CCCC2)c1=O. The second kappa shape index (κ2) is 8.48. The van der Waals surface area contributed by atoms with E-state index in [1.807, 2.05) is 17.6 Å². The highest BCUT2D eigenvalue weighted by Crippen LogP contribution is 2.31. The van der Waals surface area contributed by atoms with Gasteiger partial charge in [0.15, 0.2) is 6.61 Å². The molecule has 0 aromatic carbocycles. The molecule has 0 unspecified atom stereocenters. The molecule has 3 aromatic heterocycles. The first-order valence-corrected chi connectivity index (χ1v) is 10.0. The van der Waals surface area contributed by atoms with Crippen molar-refractivity contribution >= 4 is 28.8 Å². The highest BCUT2D eigenvalue weighted by molar-refractivity contribution is 5.76. The van der Waals surface area contributed by atoms with Gasteiger partial charge in [0.2, 0.25) is 5.95 Å². The number of aromatic nitrogens is 4. The summed E-state index contributed by atoms with van der Waals surface area (Å²) in [6, 6.07) is 5.30. The van der Waals surface area contributed by atoms with Gasteiger partial charge in [-0.3, -0.25) is 9.36 Å². The summed E-state index contributed by atoms with van der Waals surface area (Å²) in [4.78, 5) is 36.8. The first kappa shape index (κ1) is 19.8. The topological polar surface area (TPSA) is 119 Å². The third kappa shape index (κ3) is 4.10. The Morgan fingerprint density at radius 2 is 2.07 bits per heavy atom. The Hall–Kier alpha value is -3.49. The van der Waals surface area contributed by atoms with Crippen molar-refractivity contribution in [1.29, 1.82) is 0 Å². The lowest BCUT2D eigenvalue weighted by molar-refractivity contribution is -0.139. The van der Waals surface area contributed by atoms with E-state index in [-0.39, 0.29) is 11.6 Å². The molecule has 2 N–H and O–H groups in total. The van der Waals surface area contributed by atoms with Gasteiger partial charge in [-0.1, -0.05) is 19.8 Å². The number of nitrogens with one attached hydrogen (secondary N) is 1. The van der Waals surface area contributed by atoms with Gasteiger partial charge in [0.05, 0.1) is 6.20 Å². The van der Waals surface area contributed by atoms with Crippen molar-refractivity contribution in [2.45, 2.75) is 45.1 Å². The van der Waals surface area contributed by atoms with Crippen LogP contribution in [0.3, 0.4) is 0 Å². The molecule has 0 atom stereocenters. The van der Waals surface area contributed by atoms with E-state index < -0.39 is 12.6 Å². The van der Waals surface area contributed by atoms with Crippen LogP contribution in [0.5, 0.6) is 5.75 Å². The molecule has 0 spiro atoms. The van der Waals surface area contributed by atoms with Gasteiger partial charge in [-0.05, 0) is 37.5 Å². The Balaban J connectivity index is 1.65. The lowest BCUT2D eigenvalue weighted by Crippen LogP contribution is -2.27. The van der Waals surface area contributed by atoms with Gasteiger partial charge in [0.25, 0.3) is 5.56 Å². The second-order valence-corrected chi connectivity index (χ2v) is 7.30. The predicted octanol–water partition coefficient (Wildman–Crippen LogP) is 3.07. The van der Waals surface area contributed by atoms with Crippen LogP contribution in [0.2, 0.25) is 0 Å². The predicted molar refractivity (Wildman–Crippen MR) is 111 cm³/mol. The van der Waals surface area contributed by atoms with Crippen LogP contribution in [-0.2, 0) is 11.2 Å². The van der Waals surface area contributed by atoms with Crippen molar-refractivity contribution in [3.8, 4) is 5.75 Å². The number of carbonyl (C=O) groups is 1. The number of carboxylic acid groups (broad SMARTS) is 1. The van der Waals surface area contributed by atoms with Crippen LogP contribution in [0, 0.1) is 0 Å². The molecule has 0 bridgehead atoms. The number of ether oxygens (including phenoxy) is 1. The number of hydrogen-bond acceptors (Lipinski definition) is 7. The molecule has 9 heteroatoms.